The van der Waals surface area contributed by atoms with Gasteiger partial charge in [-0.1, -0.05) is 13.8 Å². The summed E-state index contributed by atoms with van der Waals surface area (Å²) in [5.41, 5.74) is -1.57. The average Bonchev–Trinajstić information content (AvgIpc) is 2.40. The van der Waals surface area contributed by atoms with Crippen molar-refractivity contribution in [3.05, 3.63) is 23.9 Å². The molecule has 0 amide bonds. The minimum Gasteiger partial charge on any atom is -0.388 e. The molecule has 1 fully saturated rings. The van der Waals surface area contributed by atoms with Gasteiger partial charge in [0.05, 0.1) is 11.2 Å². The van der Waals surface area contributed by atoms with Crippen LogP contribution in [0.25, 0.3) is 0 Å². The highest BCUT2D eigenvalue weighted by Crippen LogP contribution is 2.40. The van der Waals surface area contributed by atoms with Crippen LogP contribution in [0.1, 0.15) is 45.1 Å². The SMILES string of the molecule is CC1(C)CCC(O)(CNc2ncccc2C(F)(F)F)CC1. The fourth-order valence-corrected chi connectivity index (χ4v) is 2.59. The number of aliphatic hydroxyl groups is 1. The largest absolute Gasteiger partial charge is 0.419 e. The number of rotatable bonds is 3. The summed E-state index contributed by atoms with van der Waals surface area (Å²) in [7, 11) is 0. The molecule has 1 saturated carbocycles. The van der Waals surface area contributed by atoms with Crippen LogP contribution in [0.5, 0.6) is 0 Å². The predicted molar refractivity (Wildman–Crippen MR) is 74.9 cm³/mol. The highest BCUT2D eigenvalue weighted by atomic mass is 19.4. The number of hydrogen-bond donors (Lipinski definition) is 2. The Bertz CT molecular complexity index is 490. The van der Waals surface area contributed by atoms with Gasteiger partial charge >= 0.3 is 6.18 Å². The van der Waals surface area contributed by atoms with E-state index < -0.39 is 17.3 Å². The van der Waals surface area contributed by atoms with E-state index in [1.165, 1.54) is 12.3 Å². The minimum atomic E-state index is -4.45. The fraction of sp³-hybridized carbons (Fsp3) is 0.667. The molecule has 0 unspecified atom stereocenters. The van der Waals surface area contributed by atoms with Crippen molar-refractivity contribution in [1.29, 1.82) is 0 Å². The van der Waals surface area contributed by atoms with Crippen LogP contribution in [0.4, 0.5) is 19.0 Å². The van der Waals surface area contributed by atoms with Gasteiger partial charge in [0.1, 0.15) is 5.82 Å². The van der Waals surface area contributed by atoms with Gasteiger partial charge in [-0.3, -0.25) is 0 Å². The molecular weight excluding hydrogens is 281 g/mol. The Labute approximate surface area is 122 Å². The van der Waals surface area contributed by atoms with Crippen molar-refractivity contribution in [2.24, 2.45) is 5.41 Å². The fourth-order valence-electron chi connectivity index (χ4n) is 2.59. The zero-order valence-corrected chi connectivity index (χ0v) is 12.3. The lowest BCUT2D eigenvalue weighted by atomic mass is 9.71. The normalized spacial score (nSPS) is 21.0. The van der Waals surface area contributed by atoms with E-state index >= 15 is 0 Å². The number of alkyl halides is 3. The average molecular weight is 302 g/mol. The molecule has 1 aliphatic carbocycles. The van der Waals surface area contributed by atoms with Gasteiger partial charge in [-0.2, -0.15) is 13.2 Å². The van der Waals surface area contributed by atoms with Crippen molar-refractivity contribution in [2.75, 3.05) is 11.9 Å². The first kappa shape index (κ1) is 16.1. The standard InChI is InChI=1S/C15H21F3N2O/c1-13(2)5-7-14(21,8-6-13)10-20-12-11(15(16,17)18)4-3-9-19-12/h3-4,9,21H,5-8,10H2,1-2H3,(H,19,20). The molecule has 1 aromatic rings. The zero-order valence-electron chi connectivity index (χ0n) is 12.3. The van der Waals surface area contributed by atoms with Crippen LogP contribution < -0.4 is 5.32 Å². The topological polar surface area (TPSA) is 45.1 Å². The van der Waals surface area contributed by atoms with Crippen molar-refractivity contribution in [1.82, 2.24) is 4.98 Å². The third-order valence-electron chi connectivity index (χ3n) is 4.23. The number of nitrogens with zero attached hydrogens (tertiary/aromatic N) is 1. The van der Waals surface area contributed by atoms with Crippen LogP contribution in [0, 0.1) is 5.41 Å². The summed E-state index contributed by atoms with van der Waals surface area (Å²) in [5, 5.41) is 13.2. The van der Waals surface area contributed by atoms with Gasteiger partial charge in [-0.15, -0.1) is 0 Å². The van der Waals surface area contributed by atoms with E-state index in [1.54, 1.807) is 0 Å². The Morgan fingerprint density at radius 3 is 2.43 bits per heavy atom. The van der Waals surface area contributed by atoms with Crippen molar-refractivity contribution in [3.8, 4) is 0 Å². The first-order valence-corrected chi connectivity index (χ1v) is 7.10. The number of nitrogens with one attached hydrogen (secondary N) is 1. The lowest BCUT2D eigenvalue weighted by molar-refractivity contribution is -0.137. The maximum atomic E-state index is 12.9. The van der Waals surface area contributed by atoms with Gasteiger partial charge in [0.2, 0.25) is 0 Å². The van der Waals surface area contributed by atoms with Crippen LogP contribution in [0.2, 0.25) is 0 Å². The lowest BCUT2D eigenvalue weighted by Crippen LogP contribution is -2.42. The summed E-state index contributed by atoms with van der Waals surface area (Å²) in [4.78, 5) is 3.75. The Hall–Kier alpha value is -1.30. The lowest BCUT2D eigenvalue weighted by Gasteiger charge is -2.40. The molecule has 0 bridgehead atoms. The van der Waals surface area contributed by atoms with Gasteiger partial charge in [-0.05, 0) is 43.2 Å². The summed E-state index contributed by atoms with van der Waals surface area (Å²) < 4.78 is 38.6. The molecule has 118 valence electrons. The van der Waals surface area contributed by atoms with E-state index in [1.807, 2.05) is 0 Å². The maximum Gasteiger partial charge on any atom is 0.419 e. The summed E-state index contributed by atoms with van der Waals surface area (Å²) in [6.45, 7) is 4.37. The van der Waals surface area contributed by atoms with Gasteiger partial charge in [0.25, 0.3) is 0 Å². The molecule has 21 heavy (non-hydrogen) atoms. The second-order valence-corrected chi connectivity index (χ2v) is 6.64. The summed E-state index contributed by atoms with van der Waals surface area (Å²) in [6, 6.07) is 2.25. The molecule has 3 nitrogen and oxygen atoms in total. The first-order chi connectivity index (χ1) is 9.61. The smallest absolute Gasteiger partial charge is 0.388 e. The van der Waals surface area contributed by atoms with E-state index in [0.717, 1.165) is 18.9 Å². The Morgan fingerprint density at radius 1 is 1.24 bits per heavy atom. The van der Waals surface area contributed by atoms with Crippen molar-refractivity contribution in [2.45, 2.75) is 51.3 Å². The number of aromatic nitrogens is 1. The van der Waals surface area contributed by atoms with Crippen LogP contribution in [-0.4, -0.2) is 22.2 Å². The Balaban J connectivity index is 2.04. The first-order valence-electron chi connectivity index (χ1n) is 7.10. The van der Waals surface area contributed by atoms with Crippen LogP contribution in [-0.2, 0) is 6.18 Å². The van der Waals surface area contributed by atoms with Crippen molar-refractivity contribution >= 4 is 5.82 Å². The van der Waals surface area contributed by atoms with Gasteiger partial charge in [0.15, 0.2) is 0 Å². The third-order valence-corrected chi connectivity index (χ3v) is 4.23. The molecule has 1 aliphatic rings. The molecular formula is C15H21F3N2O. The van der Waals surface area contributed by atoms with Crippen LogP contribution in [0.3, 0.4) is 0 Å². The molecule has 0 aromatic carbocycles. The molecule has 2 N–H and O–H groups in total. The van der Waals surface area contributed by atoms with Gasteiger partial charge in [0, 0.05) is 12.7 Å². The molecule has 0 saturated heterocycles. The Morgan fingerprint density at radius 2 is 1.86 bits per heavy atom. The quantitative estimate of drug-likeness (QED) is 0.891. The monoisotopic (exact) mass is 302 g/mol. The van der Waals surface area contributed by atoms with Crippen LogP contribution in [0.15, 0.2) is 18.3 Å². The highest BCUT2D eigenvalue weighted by molar-refractivity contribution is 5.45. The number of hydrogen-bond acceptors (Lipinski definition) is 3. The molecule has 2 rings (SSSR count). The van der Waals surface area contributed by atoms with Crippen molar-refractivity contribution in [3.63, 3.8) is 0 Å². The third kappa shape index (κ3) is 4.09. The van der Waals surface area contributed by atoms with Gasteiger partial charge in [-0.25, -0.2) is 4.98 Å². The highest BCUT2D eigenvalue weighted by Gasteiger charge is 2.38. The van der Waals surface area contributed by atoms with E-state index in [4.69, 9.17) is 0 Å². The van der Waals surface area contributed by atoms with E-state index in [-0.39, 0.29) is 17.8 Å². The van der Waals surface area contributed by atoms with E-state index in [2.05, 4.69) is 24.1 Å². The van der Waals surface area contributed by atoms with Crippen LogP contribution >= 0.6 is 0 Å². The zero-order chi connectivity index (χ0) is 15.7. The maximum absolute atomic E-state index is 12.9. The predicted octanol–water partition coefficient (Wildman–Crippen LogP) is 3.84. The summed E-state index contributed by atoms with van der Waals surface area (Å²) >= 11 is 0. The second kappa shape index (κ2) is 5.48. The summed E-state index contributed by atoms with van der Waals surface area (Å²) in [5.74, 6) is -0.219. The molecule has 1 heterocycles. The molecule has 1 aromatic heterocycles. The van der Waals surface area contributed by atoms with Gasteiger partial charge < -0.3 is 10.4 Å². The minimum absolute atomic E-state index is 0.0865. The second-order valence-electron chi connectivity index (χ2n) is 6.64. The van der Waals surface area contributed by atoms with E-state index in [0.29, 0.717) is 12.8 Å². The number of pyridine rings is 1. The number of halogens is 3. The van der Waals surface area contributed by atoms with E-state index in [9.17, 15) is 18.3 Å². The molecule has 6 heteroatoms. The summed E-state index contributed by atoms with van der Waals surface area (Å²) in [6.07, 6.45) is -0.249. The molecule has 0 atom stereocenters. The molecule has 0 radical (unpaired) electrons. The van der Waals surface area contributed by atoms with Crippen molar-refractivity contribution < 1.29 is 18.3 Å². The molecule has 0 spiro atoms. The number of anilines is 1. The Kier molecular flexibility index (Phi) is 4.19. The molecule has 0 aliphatic heterocycles.